The van der Waals surface area contributed by atoms with E-state index in [0.29, 0.717) is 16.4 Å². The number of hydrogen-bond acceptors (Lipinski definition) is 6. The number of carbonyl (C=O) groups is 3. The SMILES string of the molecule is CCOC(=O)C1=NN(c2ccc(Br)cc2)C2C(=O)N(c3cccc(Cl)c3)C(=O)C12. The average molecular weight is 477 g/mol. The third kappa shape index (κ3) is 3.32. The summed E-state index contributed by atoms with van der Waals surface area (Å²) < 4.78 is 5.92. The molecule has 9 heteroatoms. The van der Waals surface area contributed by atoms with Crippen molar-refractivity contribution in [3.63, 3.8) is 0 Å². The lowest BCUT2D eigenvalue weighted by Crippen LogP contribution is -2.39. The molecule has 2 aliphatic rings. The van der Waals surface area contributed by atoms with Crippen LogP contribution in [0.5, 0.6) is 0 Å². The van der Waals surface area contributed by atoms with Gasteiger partial charge in [-0.2, -0.15) is 5.10 Å². The van der Waals surface area contributed by atoms with E-state index >= 15 is 0 Å². The molecule has 4 rings (SSSR count). The standard InChI is InChI=1S/C20H15BrClN3O4/c1-2-29-20(28)16-15-17(25(23-16)13-8-6-11(21)7-9-13)19(27)24(18(15)26)14-5-3-4-12(22)10-14/h3-10,15,17H,2H2,1H3. The second-order valence-corrected chi connectivity index (χ2v) is 7.79. The van der Waals surface area contributed by atoms with Crippen LogP contribution in [-0.2, 0) is 19.1 Å². The predicted molar refractivity (Wildman–Crippen MR) is 112 cm³/mol. The van der Waals surface area contributed by atoms with Gasteiger partial charge in [0, 0.05) is 9.50 Å². The van der Waals surface area contributed by atoms with Crippen LogP contribution in [-0.4, -0.2) is 36.1 Å². The number of fused-ring (bicyclic) bond motifs is 1. The largest absolute Gasteiger partial charge is 0.461 e. The van der Waals surface area contributed by atoms with Crippen LogP contribution in [0.4, 0.5) is 11.4 Å². The number of esters is 1. The molecular weight excluding hydrogens is 462 g/mol. The number of halogens is 2. The molecule has 0 bridgehead atoms. The molecule has 0 saturated carbocycles. The van der Waals surface area contributed by atoms with Crippen LogP contribution in [0.25, 0.3) is 0 Å². The number of carbonyl (C=O) groups excluding carboxylic acids is 3. The van der Waals surface area contributed by atoms with E-state index in [-0.39, 0.29) is 12.3 Å². The van der Waals surface area contributed by atoms with E-state index < -0.39 is 29.7 Å². The summed E-state index contributed by atoms with van der Waals surface area (Å²) in [5.41, 5.74) is 0.847. The fraction of sp³-hybridized carbons (Fsp3) is 0.200. The number of anilines is 2. The van der Waals surface area contributed by atoms with Gasteiger partial charge < -0.3 is 4.74 Å². The minimum absolute atomic E-state index is 0.0809. The van der Waals surface area contributed by atoms with Gasteiger partial charge in [-0.25, -0.2) is 9.69 Å². The Kier molecular flexibility index (Phi) is 5.14. The lowest BCUT2D eigenvalue weighted by atomic mass is 9.98. The average Bonchev–Trinajstić information content (AvgIpc) is 3.20. The minimum Gasteiger partial charge on any atom is -0.461 e. The highest BCUT2D eigenvalue weighted by Gasteiger charge is 2.59. The molecule has 2 atom stereocenters. The maximum absolute atomic E-state index is 13.3. The molecule has 0 aliphatic carbocycles. The summed E-state index contributed by atoms with van der Waals surface area (Å²) in [6.07, 6.45) is 0. The van der Waals surface area contributed by atoms with Gasteiger partial charge in [-0.1, -0.05) is 33.6 Å². The molecule has 7 nitrogen and oxygen atoms in total. The zero-order valence-electron chi connectivity index (χ0n) is 15.2. The molecule has 2 aromatic carbocycles. The summed E-state index contributed by atoms with van der Waals surface area (Å²) in [5.74, 6) is -2.78. The molecule has 0 spiro atoms. The number of ether oxygens (including phenoxy) is 1. The molecule has 2 unspecified atom stereocenters. The Bertz CT molecular complexity index is 1040. The molecule has 1 fully saturated rings. The van der Waals surface area contributed by atoms with E-state index in [0.717, 1.165) is 9.37 Å². The number of imide groups is 1. The smallest absolute Gasteiger partial charge is 0.355 e. The zero-order valence-corrected chi connectivity index (χ0v) is 17.6. The van der Waals surface area contributed by atoms with Gasteiger partial charge >= 0.3 is 5.97 Å². The van der Waals surface area contributed by atoms with Crippen LogP contribution in [0.2, 0.25) is 5.02 Å². The summed E-state index contributed by atoms with van der Waals surface area (Å²) in [7, 11) is 0. The second-order valence-electron chi connectivity index (χ2n) is 6.44. The summed E-state index contributed by atoms with van der Waals surface area (Å²) >= 11 is 9.40. The van der Waals surface area contributed by atoms with E-state index in [1.165, 1.54) is 11.1 Å². The van der Waals surface area contributed by atoms with Crippen molar-refractivity contribution in [2.75, 3.05) is 16.5 Å². The van der Waals surface area contributed by atoms with E-state index in [4.69, 9.17) is 16.3 Å². The lowest BCUT2D eigenvalue weighted by Gasteiger charge is -2.22. The molecule has 2 heterocycles. The van der Waals surface area contributed by atoms with Crippen LogP contribution in [0.1, 0.15) is 6.92 Å². The molecule has 2 amide bonds. The van der Waals surface area contributed by atoms with E-state index in [9.17, 15) is 14.4 Å². The molecule has 1 saturated heterocycles. The molecule has 148 valence electrons. The van der Waals surface area contributed by atoms with Gasteiger partial charge in [0.2, 0.25) is 5.91 Å². The Balaban J connectivity index is 1.79. The lowest BCUT2D eigenvalue weighted by molar-refractivity contribution is -0.136. The zero-order chi connectivity index (χ0) is 20.7. The molecule has 0 aromatic heterocycles. The van der Waals surface area contributed by atoms with Crippen LogP contribution in [0.3, 0.4) is 0 Å². The number of nitrogens with zero attached hydrogens (tertiary/aromatic N) is 3. The first-order valence-corrected chi connectivity index (χ1v) is 10.0. The van der Waals surface area contributed by atoms with Crippen molar-refractivity contribution in [3.05, 3.63) is 58.0 Å². The highest BCUT2D eigenvalue weighted by Crippen LogP contribution is 2.38. The summed E-state index contributed by atoms with van der Waals surface area (Å²) in [6, 6.07) is 12.6. The molecular formula is C20H15BrClN3O4. The maximum atomic E-state index is 13.3. The second kappa shape index (κ2) is 7.61. The summed E-state index contributed by atoms with van der Waals surface area (Å²) in [4.78, 5) is 40.0. The highest BCUT2D eigenvalue weighted by atomic mass is 79.9. The Morgan fingerprint density at radius 2 is 1.86 bits per heavy atom. The topological polar surface area (TPSA) is 79.3 Å². The first-order valence-electron chi connectivity index (χ1n) is 8.86. The molecule has 29 heavy (non-hydrogen) atoms. The number of amides is 2. The number of benzene rings is 2. The van der Waals surface area contributed by atoms with Crippen molar-refractivity contribution < 1.29 is 19.1 Å². The summed E-state index contributed by atoms with van der Waals surface area (Å²) in [5, 5.41) is 6.11. The minimum atomic E-state index is -1.05. The molecule has 0 N–H and O–H groups in total. The van der Waals surface area contributed by atoms with Gasteiger partial charge in [-0.15, -0.1) is 0 Å². The van der Waals surface area contributed by atoms with Gasteiger partial charge in [0.15, 0.2) is 5.71 Å². The maximum Gasteiger partial charge on any atom is 0.355 e. The van der Waals surface area contributed by atoms with E-state index in [2.05, 4.69) is 21.0 Å². The Hall–Kier alpha value is -2.71. The van der Waals surface area contributed by atoms with E-state index in [1.807, 2.05) is 0 Å². The van der Waals surface area contributed by atoms with Gasteiger partial charge in [0.1, 0.15) is 12.0 Å². The Labute approximate surface area is 180 Å². The van der Waals surface area contributed by atoms with Gasteiger partial charge in [-0.3, -0.25) is 14.6 Å². The third-order valence-electron chi connectivity index (χ3n) is 4.69. The first-order chi connectivity index (χ1) is 13.9. The Morgan fingerprint density at radius 3 is 2.52 bits per heavy atom. The van der Waals surface area contributed by atoms with Crippen LogP contribution in [0, 0.1) is 5.92 Å². The fourth-order valence-electron chi connectivity index (χ4n) is 3.47. The first kappa shape index (κ1) is 19.6. The molecule has 2 aliphatic heterocycles. The number of hydrazone groups is 1. The predicted octanol–water partition coefficient (Wildman–Crippen LogP) is 3.40. The van der Waals surface area contributed by atoms with Crippen molar-refractivity contribution in [2.24, 2.45) is 11.0 Å². The van der Waals surface area contributed by atoms with Gasteiger partial charge in [-0.05, 0) is 49.4 Å². The normalized spacial score (nSPS) is 20.7. The monoisotopic (exact) mass is 475 g/mol. The van der Waals surface area contributed by atoms with Crippen molar-refractivity contribution >= 4 is 62.4 Å². The Morgan fingerprint density at radius 1 is 1.14 bits per heavy atom. The fourth-order valence-corrected chi connectivity index (χ4v) is 3.91. The van der Waals surface area contributed by atoms with Crippen LogP contribution < -0.4 is 9.91 Å². The van der Waals surface area contributed by atoms with Crippen LogP contribution in [0.15, 0.2) is 58.1 Å². The quantitative estimate of drug-likeness (QED) is 0.499. The number of rotatable bonds is 4. The van der Waals surface area contributed by atoms with Crippen molar-refractivity contribution in [1.29, 1.82) is 0 Å². The van der Waals surface area contributed by atoms with E-state index in [1.54, 1.807) is 49.4 Å². The van der Waals surface area contributed by atoms with Gasteiger partial charge in [0.05, 0.1) is 18.0 Å². The third-order valence-corrected chi connectivity index (χ3v) is 5.46. The highest BCUT2D eigenvalue weighted by molar-refractivity contribution is 9.10. The van der Waals surface area contributed by atoms with Crippen molar-refractivity contribution in [1.82, 2.24) is 0 Å². The molecule has 0 radical (unpaired) electrons. The van der Waals surface area contributed by atoms with Gasteiger partial charge in [0.25, 0.3) is 5.91 Å². The summed E-state index contributed by atoms with van der Waals surface area (Å²) in [6.45, 7) is 1.80. The van der Waals surface area contributed by atoms with Crippen LogP contribution >= 0.6 is 27.5 Å². The number of hydrogen-bond donors (Lipinski definition) is 0. The van der Waals surface area contributed by atoms with Crippen molar-refractivity contribution in [3.8, 4) is 0 Å². The molecule has 2 aromatic rings. The van der Waals surface area contributed by atoms with Crippen molar-refractivity contribution in [2.45, 2.75) is 13.0 Å².